The largest absolute Gasteiger partial charge is 0.289 e. The van der Waals surface area contributed by atoms with Crippen LogP contribution in [-0.4, -0.2) is 5.78 Å². The van der Waals surface area contributed by atoms with Gasteiger partial charge in [0.05, 0.1) is 0 Å². The first-order valence-electron chi connectivity index (χ1n) is 7.25. The molecule has 1 nitrogen and oxygen atoms in total. The summed E-state index contributed by atoms with van der Waals surface area (Å²) in [6, 6.07) is 15.6. The van der Waals surface area contributed by atoms with Crippen molar-refractivity contribution in [3.05, 3.63) is 70.8 Å². The number of hydrogen-bond donors (Lipinski definition) is 0. The van der Waals surface area contributed by atoms with Crippen molar-refractivity contribution in [2.75, 3.05) is 0 Å². The van der Waals surface area contributed by atoms with Gasteiger partial charge in [-0.2, -0.15) is 0 Å². The molecule has 0 unspecified atom stereocenters. The van der Waals surface area contributed by atoms with Gasteiger partial charge < -0.3 is 0 Å². The molecule has 0 fully saturated rings. The van der Waals surface area contributed by atoms with E-state index in [4.69, 9.17) is 0 Å². The zero-order valence-electron chi connectivity index (χ0n) is 12.7. The Kier molecular flexibility index (Phi) is 4.39. The zero-order valence-corrected chi connectivity index (χ0v) is 12.7. The summed E-state index contributed by atoms with van der Waals surface area (Å²) >= 11 is 0. The highest BCUT2D eigenvalue weighted by molar-refractivity contribution is 6.10. The molecule has 2 aromatic rings. The Morgan fingerprint density at radius 3 is 2.00 bits per heavy atom. The summed E-state index contributed by atoms with van der Waals surface area (Å²) < 4.78 is 0. The third kappa shape index (κ3) is 2.82. The summed E-state index contributed by atoms with van der Waals surface area (Å²) in [5.41, 5.74) is 4.07. The van der Waals surface area contributed by atoms with Gasteiger partial charge in [0, 0.05) is 11.1 Å². The highest BCUT2D eigenvalue weighted by Gasteiger charge is 2.19. The molecule has 0 heterocycles. The van der Waals surface area contributed by atoms with Crippen molar-refractivity contribution in [3.8, 4) is 0 Å². The lowest BCUT2D eigenvalue weighted by atomic mass is 9.84. The number of benzene rings is 2. The molecule has 0 aliphatic carbocycles. The average molecular weight is 266 g/mol. The fraction of sp³-hybridized carbons (Fsp3) is 0.316. The van der Waals surface area contributed by atoms with Crippen LogP contribution in [0.4, 0.5) is 0 Å². The first kappa shape index (κ1) is 14.5. The maximum absolute atomic E-state index is 12.7. The van der Waals surface area contributed by atoms with Crippen molar-refractivity contribution in [1.29, 1.82) is 0 Å². The average Bonchev–Trinajstić information content (AvgIpc) is 2.46. The number of hydrogen-bond acceptors (Lipinski definition) is 1. The Bertz CT molecular complexity index is 594. The summed E-state index contributed by atoms with van der Waals surface area (Å²) in [5, 5.41) is 0. The van der Waals surface area contributed by atoms with Crippen molar-refractivity contribution in [2.24, 2.45) is 0 Å². The summed E-state index contributed by atoms with van der Waals surface area (Å²) in [6.45, 7) is 8.67. The lowest BCUT2D eigenvalue weighted by Crippen LogP contribution is -2.10. The first-order chi connectivity index (χ1) is 9.52. The van der Waals surface area contributed by atoms with E-state index in [0.717, 1.165) is 11.1 Å². The van der Waals surface area contributed by atoms with E-state index in [-0.39, 0.29) is 5.78 Å². The van der Waals surface area contributed by atoms with Gasteiger partial charge in [0.1, 0.15) is 0 Å². The van der Waals surface area contributed by atoms with Gasteiger partial charge in [-0.1, -0.05) is 76.2 Å². The Balaban J connectivity index is 2.57. The summed E-state index contributed by atoms with van der Waals surface area (Å²) in [4.78, 5) is 12.7. The highest BCUT2D eigenvalue weighted by Crippen LogP contribution is 2.30. The van der Waals surface area contributed by atoms with Crippen LogP contribution in [0.25, 0.3) is 0 Å². The molecule has 0 amide bonds. The Morgan fingerprint density at radius 1 is 0.800 bits per heavy atom. The van der Waals surface area contributed by atoms with Gasteiger partial charge in [0.15, 0.2) is 5.78 Å². The van der Waals surface area contributed by atoms with Crippen LogP contribution in [0.2, 0.25) is 0 Å². The second-order valence-electron chi connectivity index (χ2n) is 5.81. The van der Waals surface area contributed by atoms with Gasteiger partial charge in [0.25, 0.3) is 0 Å². The van der Waals surface area contributed by atoms with Crippen molar-refractivity contribution in [1.82, 2.24) is 0 Å². The van der Waals surface area contributed by atoms with Gasteiger partial charge >= 0.3 is 0 Å². The van der Waals surface area contributed by atoms with E-state index in [1.807, 2.05) is 42.5 Å². The van der Waals surface area contributed by atoms with Crippen LogP contribution < -0.4 is 0 Å². The number of ketones is 1. The van der Waals surface area contributed by atoms with E-state index in [1.165, 1.54) is 11.1 Å². The third-order valence-electron chi connectivity index (χ3n) is 3.62. The number of rotatable bonds is 4. The molecule has 0 spiro atoms. The molecule has 0 aliphatic heterocycles. The quantitative estimate of drug-likeness (QED) is 0.698. The molecule has 0 saturated carbocycles. The summed E-state index contributed by atoms with van der Waals surface area (Å²) in [5.74, 6) is 0.893. The lowest BCUT2D eigenvalue weighted by molar-refractivity contribution is 0.103. The minimum absolute atomic E-state index is 0.122. The Hall–Kier alpha value is -1.89. The van der Waals surface area contributed by atoms with E-state index >= 15 is 0 Å². The standard InChI is InChI=1S/C19H22O/c1-13(2)16-11-8-12-17(18(16)14(3)4)19(20)15-9-6-5-7-10-15/h5-14H,1-4H3. The van der Waals surface area contributed by atoms with Crippen LogP contribution in [0.1, 0.15) is 66.6 Å². The summed E-state index contributed by atoms with van der Waals surface area (Å²) in [6.07, 6.45) is 0. The number of carbonyl (C=O) groups excluding carboxylic acids is 1. The molecule has 0 saturated heterocycles. The fourth-order valence-corrected chi connectivity index (χ4v) is 2.67. The molecule has 0 atom stereocenters. The molecule has 0 aliphatic rings. The van der Waals surface area contributed by atoms with Gasteiger partial charge in [0.2, 0.25) is 0 Å². The fourth-order valence-electron chi connectivity index (χ4n) is 2.67. The van der Waals surface area contributed by atoms with E-state index < -0.39 is 0 Å². The molecule has 2 rings (SSSR count). The van der Waals surface area contributed by atoms with Gasteiger partial charge in [-0.25, -0.2) is 0 Å². The molecule has 0 radical (unpaired) electrons. The topological polar surface area (TPSA) is 17.1 Å². The molecule has 1 heteroatoms. The van der Waals surface area contributed by atoms with Crippen molar-refractivity contribution < 1.29 is 4.79 Å². The van der Waals surface area contributed by atoms with Gasteiger partial charge in [-0.05, 0) is 23.0 Å². The molecule has 20 heavy (non-hydrogen) atoms. The Labute approximate surface area is 121 Å². The van der Waals surface area contributed by atoms with E-state index in [9.17, 15) is 4.79 Å². The zero-order chi connectivity index (χ0) is 14.7. The van der Waals surface area contributed by atoms with E-state index in [1.54, 1.807) is 0 Å². The predicted molar refractivity (Wildman–Crippen MR) is 84.5 cm³/mol. The summed E-state index contributed by atoms with van der Waals surface area (Å²) in [7, 11) is 0. The molecule has 0 bridgehead atoms. The first-order valence-corrected chi connectivity index (χ1v) is 7.25. The third-order valence-corrected chi connectivity index (χ3v) is 3.62. The second-order valence-corrected chi connectivity index (χ2v) is 5.81. The molecule has 0 aromatic heterocycles. The van der Waals surface area contributed by atoms with Crippen LogP contribution in [-0.2, 0) is 0 Å². The smallest absolute Gasteiger partial charge is 0.193 e. The maximum Gasteiger partial charge on any atom is 0.193 e. The Morgan fingerprint density at radius 2 is 1.45 bits per heavy atom. The van der Waals surface area contributed by atoms with Crippen LogP contribution in [0.15, 0.2) is 48.5 Å². The maximum atomic E-state index is 12.7. The SMILES string of the molecule is CC(C)c1cccc(C(=O)c2ccccc2)c1C(C)C. The van der Waals surface area contributed by atoms with Crippen molar-refractivity contribution in [3.63, 3.8) is 0 Å². The van der Waals surface area contributed by atoms with E-state index in [2.05, 4.69) is 33.8 Å². The monoisotopic (exact) mass is 266 g/mol. The normalized spacial score (nSPS) is 11.1. The molecular formula is C19H22O. The minimum Gasteiger partial charge on any atom is -0.289 e. The molecular weight excluding hydrogens is 244 g/mol. The lowest BCUT2D eigenvalue weighted by Gasteiger charge is -2.19. The molecule has 0 N–H and O–H groups in total. The van der Waals surface area contributed by atoms with Crippen LogP contribution in [0.3, 0.4) is 0 Å². The van der Waals surface area contributed by atoms with Crippen LogP contribution >= 0.6 is 0 Å². The highest BCUT2D eigenvalue weighted by atomic mass is 16.1. The predicted octanol–water partition coefficient (Wildman–Crippen LogP) is 5.16. The van der Waals surface area contributed by atoms with Crippen molar-refractivity contribution in [2.45, 2.75) is 39.5 Å². The van der Waals surface area contributed by atoms with Gasteiger partial charge in [-0.15, -0.1) is 0 Å². The molecule has 104 valence electrons. The van der Waals surface area contributed by atoms with Crippen LogP contribution in [0.5, 0.6) is 0 Å². The molecule has 2 aromatic carbocycles. The second kappa shape index (κ2) is 6.04. The van der Waals surface area contributed by atoms with Crippen LogP contribution in [0, 0.1) is 0 Å². The van der Waals surface area contributed by atoms with Gasteiger partial charge in [-0.3, -0.25) is 4.79 Å². The minimum atomic E-state index is 0.122. The van der Waals surface area contributed by atoms with Crippen molar-refractivity contribution >= 4 is 5.78 Å². The van der Waals surface area contributed by atoms with E-state index in [0.29, 0.717) is 11.8 Å². The number of carbonyl (C=O) groups is 1.